The molecule has 1 unspecified atom stereocenters. The van der Waals surface area contributed by atoms with Gasteiger partial charge >= 0.3 is 0 Å². The molecule has 2 fully saturated rings. The number of nitrogens with two attached hydrogens (primary N) is 1. The van der Waals surface area contributed by atoms with E-state index in [1.165, 1.54) is 12.8 Å². The van der Waals surface area contributed by atoms with Crippen LogP contribution in [0.2, 0.25) is 0 Å². The number of nitrogen functional groups attached to an aromatic ring is 1. The Labute approximate surface area is 126 Å². The number of pyridine rings is 1. The zero-order valence-electron chi connectivity index (χ0n) is 12.8. The van der Waals surface area contributed by atoms with Crippen molar-refractivity contribution in [3.8, 4) is 5.88 Å². The highest BCUT2D eigenvalue weighted by Crippen LogP contribution is 2.31. The van der Waals surface area contributed by atoms with Crippen molar-refractivity contribution in [2.24, 2.45) is 5.92 Å². The molecular formula is C16H25N3O2. The van der Waals surface area contributed by atoms with Crippen LogP contribution in [-0.2, 0) is 4.74 Å². The largest absolute Gasteiger partial charge is 0.476 e. The molecule has 0 amide bonds. The molecular weight excluding hydrogens is 266 g/mol. The summed E-state index contributed by atoms with van der Waals surface area (Å²) in [7, 11) is 0. The predicted octanol–water partition coefficient (Wildman–Crippen LogP) is 2.46. The number of ether oxygens (including phenoxy) is 2. The first-order valence-corrected chi connectivity index (χ1v) is 8.02. The van der Waals surface area contributed by atoms with Gasteiger partial charge in [-0.1, -0.05) is 0 Å². The topological polar surface area (TPSA) is 60.6 Å². The molecule has 116 valence electrons. The lowest BCUT2D eigenvalue weighted by molar-refractivity contribution is 0.0525. The third-order valence-electron chi connectivity index (χ3n) is 4.13. The van der Waals surface area contributed by atoms with Gasteiger partial charge in [-0.05, 0) is 50.7 Å². The monoisotopic (exact) mass is 291 g/mol. The second-order valence-electron chi connectivity index (χ2n) is 5.98. The number of anilines is 2. The van der Waals surface area contributed by atoms with Crippen molar-refractivity contribution in [3.05, 3.63) is 12.1 Å². The Morgan fingerprint density at radius 1 is 1.33 bits per heavy atom. The Kier molecular flexibility index (Phi) is 4.48. The van der Waals surface area contributed by atoms with Gasteiger partial charge in [-0.2, -0.15) is 4.98 Å². The molecule has 0 bridgehead atoms. The molecule has 1 atom stereocenters. The van der Waals surface area contributed by atoms with E-state index in [9.17, 15) is 0 Å². The van der Waals surface area contributed by atoms with Crippen LogP contribution in [-0.4, -0.2) is 37.4 Å². The maximum Gasteiger partial charge on any atom is 0.239 e. The van der Waals surface area contributed by atoms with Crippen molar-refractivity contribution >= 4 is 11.5 Å². The van der Waals surface area contributed by atoms with E-state index in [4.69, 9.17) is 15.2 Å². The fourth-order valence-electron chi connectivity index (χ4n) is 2.73. The van der Waals surface area contributed by atoms with Gasteiger partial charge in [0.2, 0.25) is 5.88 Å². The van der Waals surface area contributed by atoms with Crippen LogP contribution in [0.3, 0.4) is 0 Å². The van der Waals surface area contributed by atoms with Crippen molar-refractivity contribution in [2.45, 2.75) is 38.7 Å². The Morgan fingerprint density at radius 3 is 2.95 bits per heavy atom. The van der Waals surface area contributed by atoms with Crippen LogP contribution < -0.4 is 15.4 Å². The highest BCUT2D eigenvalue weighted by Gasteiger charge is 2.24. The fraction of sp³-hybridized carbons (Fsp3) is 0.688. The Balaban J connectivity index is 1.67. The molecule has 0 radical (unpaired) electrons. The summed E-state index contributed by atoms with van der Waals surface area (Å²) in [5.41, 5.74) is 6.59. The number of hydrogen-bond donors (Lipinski definition) is 1. The van der Waals surface area contributed by atoms with Crippen molar-refractivity contribution in [3.63, 3.8) is 0 Å². The van der Waals surface area contributed by atoms with Crippen LogP contribution in [0.5, 0.6) is 5.88 Å². The Bertz CT molecular complexity index is 475. The van der Waals surface area contributed by atoms with Gasteiger partial charge in [0.1, 0.15) is 5.82 Å². The van der Waals surface area contributed by atoms with Crippen LogP contribution >= 0.6 is 0 Å². The first-order valence-electron chi connectivity index (χ1n) is 8.02. The number of piperidine rings is 1. The summed E-state index contributed by atoms with van der Waals surface area (Å²) in [4.78, 5) is 6.88. The van der Waals surface area contributed by atoms with Gasteiger partial charge in [-0.3, -0.25) is 0 Å². The molecule has 1 saturated carbocycles. The van der Waals surface area contributed by atoms with Crippen LogP contribution in [0.15, 0.2) is 12.1 Å². The van der Waals surface area contributed by atoms with Gasteiger partial charge in [0.25, 0.3) is 0 Å². The standard InChI is InChI=1S/C16H25N3O2/c1-2-20-13-4-3-9-19(10-13)15-8-7-14(17)16(18-15)21-11-12-5-6-12/h7-8,12-13H,2-6,9-11,17H2,1H3. The minimum atomic E-state index is 0.305. The van der Waals surface area contributed by atoms with E-state index in [0.717, 1.165) is 45.0 Å². The summed E-state index contributed by atoms with van der Waals surface area (Å²) >= 11 is 0. The highest BCUT2D eigenvalue weighted by molar-refractivity contribution is 5.54. The van der Waals surface area contributed by atoms with Crippen molar-refractivity contribution in [1.29, 1.82) is 0 Å². The average Bonchev–Trinajstić information content (AvgIpc) is 3.31. The van der Waals surface area contributed by atoms with Gasteiger partial charge in [0, 0.05) is 19.7 Å². The number of rotatable bonds is 6. The Morgan fingerprint density at radius 2 is 2.19 bits per heavy atom. The first-order chi connectivity index (χ1) is 10.3. The summed E-state index contributed by atoms with van der Waals surface area (Å²) in [6, 6.07) is 3.88. The molecule has 2 heterocycles. The molecule has 1 saturated heterocycles. The second kappa shape index (κ2) is 6.52. The highest BCUT2D eigenvalue weighted by atomic mass is 16.5. The molecule has 1 aromatic rings. The maximum atomic E-state index is 5.97. The normalized spacial score (nSPS) is 22.3. The summed E-state index contributed by atoms with van der Waals surface area (Å²) in [6.45, 7) is 5.46. The quantitative estimate of drug-likeness (QED) is 0.872. The lowest BCUT2D eigenvalue weighted by atomic mass is 10.1. The minimum Gasteiger partial charge on any atom is -0.476 e. The van der Waals surface area contributed by atoms with Gasteiger partial charge < -0.3 is 20.1 Å². The maximum absolute atomic E-state index is 5.97. The van der Waals surface area contributed by atoms with Crippen LogP contribution in [0.1, 0.15) is 32.6 Å². The van der Waals surface area contributed by atoms with Crippen LogP contribution in [0.25, 0.3) is 0 Å². The molecule has 1 aliphatic heterocycles. The minimum absolute atomic E-state index is 0.305. The van der Waals surface area contributed by atoms with E-state index >= 15 is 0 Å². The van der Waals surface area contributed by atoms with E-state index in [-0.39, 0.29) is 0 Å². The lowest BCUT2D eigenvalue weighted by Crippen LogP contribution is -2.40. The molecule has 3 rings (SSSR count). The van der Waals surface area contributed by atoms with Gasteiger partial charge in [-0.25, -0.2) is 0 Å². The summed E-state index contributed by atoms with van der Waals surface area (Å²) in [6.07, 6.45) is 5.10. The van der Waals surface area contributed by atoms with Gasteiger partial charge in [-0.15, -0.1) is 0 Å². The number of hydrogen-bond acceptors (Lipinski definition) is 5. The van der Waals surface area contributed by atoms with Gasteiger partial charge in [0.15, 0.2) is 0 Å². The zero-order valence-corrected chi connectivity index (χ0v) is 12.8. The molecule has 5 heteroatoms. The predicted molar refractivity (Wildman–Crippen MR) is 83.7 cm³/mol. The SMILES string of the molecule is CCOC1CCCN(c2ccc(N)c(OCC3CC3)n2)C1. The second-order valence-corrected chi connectivity index (χ2v) is 5.98. The smallest absolute Gasteiger partial charge is 0.239 e. The van der Waals surface area contributed by atoms with E-state index in [1.807, 2.05) is 19.1 Å². The third-order valence-corrected chi connectivity index (χ3v) is 4.13. The fourth-order valence-corrected chi connectivity index (χ4v) is 2.73. The molecule has 21 heavy (non-hydrogen) atoms. The number of nitrogens with zero attached hydrogens (tertiary/aromatic N) is 2. The molecule has 0 spiro atoms. The van der Waals surface area contributed by atoms with Crippen molar-refractivity contribution < 1.29 is 9.47 Å². The van der Waals surface area contributed by atoms with E-state index in [1.54, 1.807) is 0 Å². The molecule has 1 aromatic heterocycles. The lowest BCUT2D eigenvalue weighted by Gasteiger charge is -2.33. The molecule has 0 aromatic carbocycles. The third kappa shape index (κ3) is 3.79. The summed E-state index contributed by atoms with van der Waals surface area (Å²) in [5.74, 6) is 2.23. The van der Waals surface area contributed by atoms with E-state index in [2.05, 4.69) is 9.88 Å². The summed E-state index contributed by atoms with van der Waals surface area (Å²) < 4.78 is 11.5. The van der Waals surface area contributed by atoms with Crippen molar-refractivity contribution in [1.82, 2.24) is 4.98 Å². The van der Waals surface area contributed by atoms with E-state index in [0.29, 0.717) is 23.6 Å². The van der Waals surface area contributed by atoms with Crippen LogP contribution in [0, 0.1) is 5.92 Å². The molecule has 5 nitrogen and oxygen atoms in total. The first kappa shape index (κ1) is 14.4. The summed E-state index contributed by atoms with van der Waals surface area (Å²) in [5, 5.41) is 0. The van der Waals surface area contributed by atoms with Gasteiger partial charge in [0.05, 0.1) is 18.4 Å². The number of aromatic nitrogens is 1. The molecule has 1 aliphatic carbocycles. The Hall–Kier alpha value is -1.49. The van der Waals surface area contributed by atoms with E-state index < -0.39 is 0 Å². The van der Waals surface area contributed by atoms with Crippen molar-refractivity contribution in [2.75, 3.05) is 36.9 Å². The molecule has 2 N–H and O–H groups in total. The average molecular weight is 291 g/mol. The zero-order chi connectivity index (χ0) is 14.7. The molecule has 2 aliphatic rings. The van der Waals surface area contributed by atoms with Crippen LogP contribution in [0.4, 0.5) is 11.5 Å².